The van der Waals surface area contributed by atoms with Crippen molar-refractivity contribution in [1.82, 2.24) is 0 Å². The molecule has 4 heteroatoms. The summed E-state index contributed by atoms with van der Waals surface area (Å²) in [5, 5.41) is 11.5. The second-order valence-electron chi connectivity index (χ2n) is 3.30. The quantitative estimate of drug-likeness (QED) is 0.747. The lowest BCUT2D eigenvalue weighted by atomic mass is 10.2. The Morgan fingerprint density at radius 1 is 1.56 bits per heavy atom. The molecule has 0 amide bonds. The maximum absolute atomic E-state index is 10.2. The summed E-state index contributed by atoms with van der Waals surface area (Å²) in [6, 6.07) is 5.68. The molecule has 0 aromatic heterocycles. The molecule has 1 aromatic rings. The van der Waals surface area contributed by atoms with Gasteiger partial charge in [0.2, 0.25) is 0 Å². The van der Waals surface area contributed by atoms with Crippen molar-refractivity contribution in [3.05, 3.63) is 35.9 Å². The molecule has 1 rings (SSSR count). The summed E-state index contributed by atoms with van der Waals surface area (Å²) in [4.78, 5) is 10.2. The van der Waals surface area contributed by atoms with Crippen molar-refractivity contribution in [3.8, 4) is 5.75 Å². The molecule has 0 aliphatic heterocycles. The first kappa shape index (κ1) is 12.1. The van der Waals surface area contributed by atoms with Crippen LogP contribution < -0.4 is 10.1 Å². The molecule has 0 aliphatic carbocycles. The van der Waals surface area contributed by atoms with Gasteiger partial charge in [0.25, 0.3) is 0 Å². The average Bonchev–Trinajstić information content (AvgIpc) is 2.25. The van der Waals surface area contributed by atoms with E-state index in [0.717, 1.165) is 23.1 Å². The van der Waals surface area contributed by atoms with Crippen molar-refractivity contribution < 1.29 is 14.6 Å². The lowest BCUT2D eigenvalue weighted by molar-refractivity contribution is -0.131. The van der Waals surface area contributed by atoms with Crippen molar-refractivity contribution in [3.63, 3.8) is 0 Å². The fraction of sp³-hybridized carbons (Fsp3) is 0.250. The van der Waals surface area contributed by atoms with Crippen molar-refractivity contribution in [2.45, 2.75) is 6.92 Å². The molecule has 4 nitrogen and oxygen atoms in total. The normalized spacial score (nSPS) is 10.4. The Hall–Kier alpha value is -1.97. The molecule has 0 saturated heterocycles. The predicted molar refractivity (Wildman–Crippen MR) is 63.0 cm³/mol. The number of carboxylic acids is 1. The van der Waals surface area contributed by atoms with E-state index in [0.29, 0.717) is 6.54 Å². The highest BCUT2D eigenvalue weighted by Crippen LogP contribution is 2.20. The van der Waals surface area contributed by atoms with Gasteiger partial charge in [0, 0.05) is 18.3 Å². The van der Waals surface area contributed by atoms with E-state index < -0.39 is 5.97 Å². The molecule has 0 fully saturated rings. The molecule has 0 bridgehead atoms. The van der Waals surface area contributed by atoms with Gasteiger partial charge in [0.15, 0.2) is 0 Å². The number of aryl methyl sites for hydroxylation is 1. The number of hydrogen-bond donors (Lipinski definition) is 2. The molecule has 0 atom stereocenters. The maximum Gasteiger partial charge on any atom is 0.328 e. The predicted octanol–water partition coefficient (Wildman–Crippen LogP) is 2.06. The minimum Gasteiger partial charge on any atom is -0.497 e. The monoisotopic (exact) mass is 221 g/mol. The van der Waals surface area contributed by atoms with E-state index in [-0.39, 0.29) is 0 Å². The van der Waals surface area contributed by atoms with Crippen LogP contribution in [0.4, 0.5) is 5.69 Å². The van der Waals surface area contributed by atoms with Gasteiger partial charge in [-0.25, -0.2) is 4.79 Å². The van der Waals surface area contributed by atoms with E-state index in [1.165, 1.54) is 0 Å². The summed E-state index contributed by atoms with van der Waals surface area (Å²) in [5.41, 5.74) is 2.03. The topological polar surface area (TPSA) is 58.6 Å². The number of methoxy groups -OCH3 is 1. The summed E-state index contributed by atoms with van der Waals surface area (Å²) in [5.74, 6) is -0.127. The van der Waals surface area contributed by atoms with Gasteiger partial charge in [-0.2, -0.15) is 0 Å². The van der Waals surface area contributed by atoms with Gasteiger partial charge in [-0.3, -0.25) is 0 Å². The fourth-order valence-corrected chi connectivity index (χ4v) is 1.29. The van der Waals surface area contributed by atoms with Gasteiger partial charge in [-0.1, -0.05) is 6.08 Å². The number of carbonyl (C=O) groups is 1. The molecular weight excluding hydrogens is 206 g/mol. The van der Waals surface area contributed by atoms with Crippen LogP contribution in [0.15, 0.2) is 30.4 Å². The van der Waals surface area contributed by atoms with Crippen LogP contribution in [-0.4, -0.2) is 24.7 Å². The van der Waals surface area contributed by atoms with E-state index in [1.54, 1.807) is 13.2 Å². The van der Waals surface area contributed by atoms with Gasteiger partial charge in [0.05, 0.1) is 7.11 Å². The van der Waals surface area contributed by atoms with E-state index in [2.05, 4.69) is 5.32 Å². The highest BCUT2D eigenvalue weighted by molar-refractivity contribution is 5.79. The largest absolute Gasteiger partial charge is 0.497 e. The minimum absolute atomic E-state index is 0.486. The number of ether oxygens (including phenoxy) is 1. The fourth-order valence-electron chi connectivity index (χ4n) is 1.29. The van der Waals surface area contributed by atoms with Gasteiger partial charge in [-0.15, -0.1) is 0 Å². The Labute approximate surface area is 94.6 Å². The van der Waals surface area contributed by atoms with E-state index in [1.807, 2.05) is 25.1 Å². The molecule has 86 valence electrons. The average molecular weight is 221 g/mol. The smallest absolute Gasteiger partial charge is 0.328 e. The lowest BCUT2D eigenvalue weighted by Crippen LogP contribution is -2.01. The summed E-state index contributed by atoms with van der Waals surface area (Å²) in [6.45, 7) is 2.45. The van der Waals surface area contributed by atoms with Crippen LogP contribution in [0.2, 0.25) is 0 Å². The molecule has 2 N–H and O–H groups in total. The van der Waals surface area contributed by atoms with Crippen molar-refractivity contribution in [2.75, 3.05) is 19.0 Å². The standard InChI is InChI=1S/C12H15NO3/c1-9-8-10(16-2)5-6-11(9)13-7-3-4-12(14)15/h3-6,8,13H,7H2,1-2H3,(H,14,15)/b4-3+. The van der Waals surface area contributed by atoms with Gasteiger partial charge in [0.1, 0.15) is 5.75 Å². The number of aliphatic carboxylic acids is 1. The zero-order valence-corrected chi connectivity index (χ0v) is 9.36. The number of hydrogen-bond acceptors (Lipinski definition) is 3. The SMILES string of the molecule is COc1ccc(NC/C=C/C(=O)O)c(C)c1. The highest BCUT2D eigenvalue weighted by atomic mass is 16.5. The number of rotatable bonds is 5. The minimum atomic E-state index is -0.937. The number of anilines is 1. The van der Waals surface area contributed by atoms with Crippen LogP contribution in [0.25, 0.3) is 0 Å². The van der Waals surface area contributed by atoms with Gasteiger partial charge >= 0.3 is 5.97 Å². The number of carboxylic acid groups (broad SMARTS) is 1. The molecule has 0 aliphatic rings. The molecule has 0 unspecified atom stereocenters. The van der Waals surface area contributed by atoms with E-state index in [4.69, 9.17) is 9.84 Å². The van der Waals surface area contributed by atoms with Crippen LogP contribution in [-0.2, 0) is 4.79 Å². The summed E-state index contributed by atoms with van der Waals surface area (Å²) < 4.78 is 5.09. The highest BCUT2D eigenvalue weighted by Gasteiger charge is 1.98. The first-order valence-corrected chi connectivity index (χ1v) is 4.91. The zero-order chi connectivity index (χ0) is 12.0. The van der Waals surface area contributed by atoms with Gasteiger partial charge < -0.3 is 15.2 Å². The lowest BCUT2D eigenvalue weighted by Gasteiger charge is -2.08. The van der Waals surface area contributed by atoms with Crippen molar-refractivity contribution >= 4 is 11.7 Å². The Balaban J connectivity index is 2.57. The third kappa shape index (κ3) is 3.65. The third-order valence-electron chi connectivity index (χ3n) is 2.10. The van der Waals surface area contributed by atoms with Gasteiger partial charge in [-0.05, 0) is 30.7 Å². The summed E-state index contributed by atoms with van der Waals surface area (Å²) >= 11 is 0. The Morgan fingerprint density at radius 2 is 2.31 bits per heavy atom. The Kier molecular flexibility index (Phi) is 4.39. The maximum atomic E-state index is 10.2. The molecule has 1 aromatic carbocycles. The first-order chi connectivity index (χ1) is 7.63. The molecular formula is C12H15NO3. The third-order valence-corrected chi connectivity index (χ3v) is 2.10. The number of nitrogens with one attached hydrogen (secondary N) is 1. The first-order valence-electron chi connectivity index (χ1n) is 4.91. The molecule has 0 radical (unpaired) electrons. The van der Waals surface area contributed by atoms with Crippen molar-refractivity contribution in [1.29, 1.82) is 0 Å². The number of benzene rings is 1. The van der Waals surface area contributed by atoms with Crippen LogP contribution in [0.5, 0.6) is 5.75 Å². The van der Waals surface area contributed by atoms with E-state index >= 15 is 0 Å². The van der Waals surface area contributed by atoms with Crippen LogP contribution in [0.1, 0.15) is 5.56 Å². The summed E-state index contributed by atoms with van der Waals surface area (Å²) in [6.07, 6.45) is 2.68. The Morgan fingerprint density at radius 3 is 2.88 bits per heavy atom. The molecule has 0 saturated carbocycles. The molecule has 16 heavy (non-hydrogen) atoms. The second kappa shape index (κ2) is 5.80. The van der Waals surface area contributed by atoms with Crippen LogP contribution in [0, 0.1) is 6.92 Å². The summed E-state index contributed by atoms with van der Waals surface area (Å²) in [7, 11) is 1.62. The zero-order valence-electron chi connectivity index (χ0n) is 9.36. The van der Waals surface area contributed by atoms with Crippen molar-refractivity contribution in [2.24, 2.45) is 0 Å². The molecule has 0 spiro atoms. The van der Waals surface area contributed by atoms with Crippen LogP contribution >= 0.6 is 0 Å². The Bertz CT molecular complexity index is 399. The second-order valence-corrected chi connectivity index (χ2v) is 3.30. The van der Waals surface area contributed by atoms with E-state index in [9.17, 15) is 4.79 Å². The van der Waals surface area contributed by atoms with Crippen LogP contribution in [0.3, 0.4) is 0 Å². The molecule has 0 heterocycles.